The van der Waals surface area contributed by atoms with Crippen molar-refractivity contribution in [3.63, 3.8) is 0 Å². The van der Waals surface area contributed by atoms with E-state index in [1.807, 2.05) is 0 Å². The molecular weight excluding hydrogens is 194 g/mol. The van der Waals surface area contributed by atoms with E-state index in [9.17, 15) is 0 Å². The average Bonchev–Trinajstić information content (AvgIpc) is 1.81. The zero-order valence-electron chi connectivity index (χ0n) is 7.39. The summed E-state index contributed by atoms with van der Waals surface area (Å²) in [4.78, 5) is 0. The second-order valence-corrected chi connectivity index (χ2v) is 13.6. The summed E-state index contributed by atoms with van der Waals surface area (Å²) in [6, 6.07) is 0. The molecule has 0 atom stereocenters. The van der Waals surface area contributed by atoms with Gasteiger partial charge in [-0.15, -0.1) is 11.6 Å². The third-order valence-electron chi connectivity index (χ3n) is 1.67. The van der Waals surface area contributed by atoms with E-state index in [0.29, 0.717) is 0 Å². The first-order chi connectivity index (χ1) is 4.59. The largest absolute Gasteiger partial charge is 0.377 e. The van der Waals surface area contributed by atoms with Gasteiger partial charge in [0.25, 0.3) is 0 Å². The number of alkyl halides is 1. The van der Waals surface area contributed by atoms with Crippen molar-refractivity contribution in [3.05, 3.63) is 0 Å². The van der Waals surface area contributed by atoms with Gasteiger partial charge in [0.05, 0.1) is 27.6 Å². The lowest BCUT2D eigenvalue weighted by Gasteiger charge is -2.28. The van der Waals surface area contributed by atoms with Gasteiger partial charge in [-0.1, -0.05) is 26.2 Å². The van der Waals surface area contributed by atoms with Crippen LogP contribution in [0, 0.1) is 0 Å². The third-order valence-corrected chi connectivity index (χ3v) is 15.0. The number of hydrogen-bond acceptors (Lipinski definition) is 1. The minimum absolute atomic E-state index is 0.0370. The monoisotopic (exact) mass is 211 g/mol. The predicted octanol–water partition coefficient (Wildman–Crippen LogP) is 0.535. The zero-order chi connectivity index (χ0) is 8.15. The summed E-state index contributed by atoms with van der Waals surface area (Å²) >= 11 is 5.75. The predicted molar refractivity (Wildman–Crippen MR) is 58.9 cm³/mol. The summed E-state index contributed by atoms with van der Waals surface area (Å²) in [5, 5.41) is 0. The van der Waals surface area contributed by atoms with E-state index in [1.54, 1.807) is 0 Å². The smallest absolute Gasteiger partial charge is 0.0962 e. The summed E-state index contributed by atoms with van der Waals surface area (Å²) in [6.45, 7) is 9.64. The summed E-state index contributed by atoms with van der Waals surface area (Å²) < 4.78 is 2.80. The first kappa shape index (κ1) is 10.9. The molecular formula is C5H18ClNSi3. The molecule has 0 aromatic carbocycles. The molecule has 62 valence electrons. The molecule has 0 saturated carbocycles. The Hall–Kier alpha value is 0.901. The Balaban J connectivity index is 3.73. The Labute approximate surface area is 75.0 Å². The Morgan fingerprint density at radius 2 is 1.60 bits per heavy atom. The topological polar surface area (TPSA) is 3.24 Å². The van der Waals surface area contributed by atoms with Gasteiger partial charge in [-0.3, -0.25) is 0 Å². The molecule has 0 radical (unpaired) electrons. The molecule has 0 bridgehead atoms. The highest BCUT2D eigenvalue weighted by Crippen LogP contribution is 1.97. The Kier molecular flexibility index (Phi) is 6.04. The second-order valence-electron chi connectivity index (χ2n) is 3.11. The molecule has 0 unspecified atom stereocenters. The fraction of sp³-hybridized carbons (Fsp3) is 1.00. The molecule has 10 heavy (non-hydrogen) atoms. The van der Waals surface area contributed by atoms with Gasteiger partial charge in [0, 0.05) is 5.50 Å². The Bertz CT molecular complexity index is 81.0. The highest BCUT2D eigenvalue weighted by Gasteiger charge is 2.13. The van der Waals surface area contributed by atoms with Crippen molar-refractivity contribution in [2.75, 3.05) is 5.50 Å². The molecule has 0 fully saturated rings. The lowest BCUT2D eigenvalue weighted by Crippen LogP contribution is -2.46. The molecule has 5 heteroatoms. The summed E-state index contributed by atoms with van der Waals surface area (Å²) in [5.74, 6) is 0. The maximum atomic E-state index is 5.75. The number of halogens is 1. The van der Waals surface area contributed by atoms with Crippen LogP contribution >= 0.6 is 11.6 Å². The van der Waals surface area contributed by atoms with Crippen LogP contribution < -0.4 is 0 Å². The minimum Gasteiger partial charge on any atom is -0.377 e. The fourth-order valence-corrected chi connectivity index (χ4v) is 12.6. The Morgan fingerprint density at radius 1 is 1.20 bits per heavy atom. The first-order valence-electron chi connectivity index (χ1n) is 3.91. The quantitative estimate of drug-likeness (QED) is 0.485. The highest BCUT2D eigenvalue weighted by atomic mass is 35.5. The van der Waals surface area contributed by atoms with E-state index in [2.05, 4.69) is 30.1 Å². The molecule has 0 N–H and O–H groups in total. The van der Waals surface area contributed by atoms with E-state index >= 15 is 0 Å². The molecule has 0 aliphatic rings. The fourth-order valence-electron chi connectivity index (χ4n) is 1.21. The number of nitrogens with zero attached hydrogens (tertiary/aromatic N) is 1. The van der Waals surface area contributed by atoms with Gasteiger partial charge in [0.2, 0.25) is 0 Å². The normalized spacial score (nSPS) is 13.2. The van der Waals surface area contributed by atoms with Gasteiger partial charge in [-0.25, -0.2) is 0 Å². The summed E-state index contributed by atoms with van der Waals surface area (Å²) in [5.41, 5.74) is 0.941. The van der Waals surface area contributed by atoms with Gasteiger partial charge < -0.3 is 3.90 Å². The van der Waals surface area contributed by atoms with E-state index in [0.717, 1.165) is 5.50 Å². The maximum Gasteiger partial charge on any atom is 0.0962 e. The van der Waals surface area contributed by atoms with Gasteiger partial charge >= 0.3 is 0 Å². The molecule has 0 amide bonds. The van der Waals surface area contributed by atoms with Gasteiger partial charge in [-0.05, 0) is 0 Å². The second kappa shape index (κ2) is 5.54. The molecule has 0 aromatic heterocycles. The molecule has 1 nitrogen and oxygen atoms in total. The standard InChI is InChI=1S/C5H18ClNSi3/c1-9(2)7(8-5-6)10(3)4/h9-10H,5,8H2,1-4H3. The minimum atomic E-state index is -0.489. The van der Waals surface area contributed by atoms with Gasteiger partial charge in [0.1, 0.15) is 0 Å². The van der Waals surface area contributed by atoms with Crippen LogP contribution in [0.1, 0.15) is 0 Å². The molecule has 0 aliphatic carbocycles. The van der Waals surface area contributed by atoms with Crippen molar-refractivity contribution in [2.24, 2.45) is 0 Å². The average molecular weight is 212 g/mol. The number of hydrogen-bond donors (Lipinski definition) is 0. The van der Waals surface area contributed by atoms with Crippen LogP contribution in [0.4, 0.5) is 0 Å². The van der Waals surface area contributed by atoms with Crippen molar-refractivity contribution >= 4 is 39.2 Å². The van der Waals surface area contributed by atoms with Gasteiger partial charge in [0.15, 0.2) is 0 Å². The van der Waals surface area contributed by atoms with Crippen LogP contribution in [-0.2, 0) is 0 Å². The molecule has 0 spiro atoms. The van der Waals surface area contributed by atoms with Crippen LogP contribution in [0.15, 0.2) is 0 Å². The van der Waals surface area contributed by atoms with Gasteiger partial charge in [-0.2, -0.15) is 0 Å². The zero-order valence-corrected chi connectivity index (χ0v) is 11.9. The van der Waals surface area contributed by atoms with Crippen LogP contribution in [0.5, 0.6) is 0 Å². The van der Waals surface area contributed by atoms with Crippen molar-refractivity contribution in [1.29, 1.82) is 0 Å². The van der Waals surface area contributed by atoms with E-state index < -0.39 is 17.9 Å². The van der Waals surface area contributed by atoms with Crippen molar-refractivity contribution < 1.29 is 0 Å². The van der Waals surface area contributed by atoms with Crippen molar-refractivity contribution in [1.82, 2.24) is 3.90 Å². The first-order valence-corrected chi connectivity index (χ1v) is 11.7. The van der Waals surface area contributed by atoms with Crippen LogP contribution in [0.2, 0.25) is 26.2 Å². The van der Waals surface area contributed by atoms with Crippen LogP contribution in [0.25, 0.3) is 0 Å². The van der Waals surface area contributed by atoms with Crippen LogP contribution in [0.3, 0.4) is 0 Å². The Morgan fingerprint density at radius 3 is 1.70 bits per heavy atom. The van der Waals surface area contributed by atoms with Crippen molar-refractivity contribution in [2.45, 2.75) is 26.2 Å². The maximum absolute atomic E-state index is 5.75. The molecule has 0 aliphatic heterocycles. The number of rotatable bonds is 4. The molecule has 0 aromatic rings. The lowest BCUT2D eigenvalue weighted by atomic mass is 11.9. The van der Waals surface area contributed by atoms with Crippen molar-refractivity contribution in [3.8, 4) is 0 Å². The SMILES string of the molecule is C[SiH](C)N([SiH2]CCl)[SiH](C)C. The lowest BCUT2D eigenvalue weighted by molar-refractivity contribution is 1.03. The van der Waals surface area contributed by atoms with E-state index in [4.69, 9.17) is 11.6 Å². The summed E-state index contributed by atoms with van der Waals surface area (Å²) in [6.07, 6.45) is 0. The van der Waals surface area contributed by atoms with E-state index in [1.165, 1.54) is 0 Å². The molecule has 0 rings (SSSR count). The third kappa shape index (κ3) is 3.92. The highest BCUT2D eigenvalue weighted by molar-refractivity contribution is 6.81. The summed E-state index contributed by atoms with van der Waals surface area (Å²) in [7, 11) is -1.01. The van der Waals surface area contributed by atoms with Crippen LogP contribution in [-0.4, -0.2) is 37.0 Å². The molecule has 0 saturated heterocycles. The molecule has 0 heterocycles. The van der Waals surface area contributed by atoms with E-state index in [-0.39, 0.29) is 9.68 Å².